The predicted octanol–water partition coefficient (Wildman–Crippen LogP) is 4.52. The highest BCUT2D eigenvalue weighted by Gasteiger charge is 2.14. The zero-order valence-corrected chi connectivity index (χ0v) is 14.1. The molecule has 0 amide bonds. The number of nitrogens with zero attached hydrogens (tertiary/aromatic N) is 1. The second kappa shape index (κ2) is 7.10. The summed E-state index contributed by atoms with van der Waals surface area (Å²) in [5.41, 5.74) is 5.09. The molecule has 0 atom stereocenters. The second-order valence-electron chi connectivity index (χ2n) is 6.68. The molecule has 23 heavy (non-hydrogen) atoms. The van der Waals surface area contributed by atoms with Crippen molar-refractivity contribution in [3.63, 3.8) is 0 Å². The first-order valence-corrected chi connectivity index (χ1v) is 8.57. The van der Waals surface area contributed by atoms with Crippen molar-refractivity contribution in [3.8, 4) is 0 Å². The number of carbonyl (C=O) groups is 1. The van der Waals surface area contributed by atoms with Crippen LogP contribution in [0.4, 0.5) is 0 Å². The van der Waals surface area contributed by atoms with E-state index in [4.69, 9.17) is 0 Å². The van der Waals surface area contributed by atoms with Gasteiger partial charge in [-0.2, -0.15) is 0 Å². The van der Waals surface area contributed by atoms with Crippen LogP contribution in [0.2, 0.25) is 0 Å². The summed E-state index contributed by atoms with van der Waals surface area (Å²) in [7, 11) is 0. The number of hydrogen-bond donors (Lipinski definition) is 0. The van der Waals surface area contributed by atoms with Gasteiger partial charge in [-0.15, -0.1) is 0 Å². The second-order valence-corrected chi connectivity index (χ2v) is 6.68. The smallest absolute Gasteiger partial charge is 0.193 e. The number of ketones is 1. The highest BCUT2D eigenvalue weighted by molar-refractivity contribution is 6.10. The first-order chi connectivity index (χ1) is 11.1. The molecule has 1 saturated heterocycles. The average molecular weight is 307 g/mol. The van der Waals surface area contributed by atoms with E-state index < -0.39 is 0 Å². The Balaban J connectivity index is 1.79. The summed E-state index contributed by atoms with van der Waals surface area (Å²) in [6, 6.07) is 14.2. The van der Waals surface area contributed by atoms with Crippen molar-refractivity contribution in [2.45, 2.75) is 39.7 Å². The third kappa shape index (κ3) is 3.89. The van der Waals surface area contributed by atoms with E-state index in [1.54, 1.807) is 0 Å². The molecule has 3 rings (SSSR count). The maximum atomic E-state index is 12.8. The third-order valence-electron chi connectivity index (χ3n) is 4.67. The molecule has 0 N–H and O–H groups in total. The molecule has 0 aliphatic carbocycles. The minimum atomic E-state index is 0.128. The summed E-state index contributed by atoms with van der Waals surface area (Å²) in [5, 5.41) is 0. The van der Waals surface area contributed by atoms with Gasteiger partial charge in [-0.05, 0) is 57.0 Å². The van der Waals surface area contributed by atoms with E-state index in [1.807, 2.05) is 31.2 Å². The van der Waals surface area contributed by atoms with E-state index in [1.165, 1.54) is 43.5 Å². The van der Waals surface area contributed by atoms with E-state index in [0.29, 0.717) is 0 Å². The van der Waals surface area contributed by atoms with Crippen LogP contribution in [-0.4, -0.2) is 23.8 Å². The molecule has 0 unspecified atom stereocenters. The van der Waals surface area contributed by atoms with Crippen LogP contribution in [0.25, 0.3) is 0 Å². The number of piperidine rings is 1. The van der Waals surface area contributed by atoms with Crippen LogP contribution in [-0.2, 0) is 6.54 Å². The van der Waals surface area contributed by atoms with Gasteiger partial charge < -0.3 is 0 Å². The van der Waals surface area contributed by atoms with Crippen molar-refractivity contribution >= 4 is 5.78 Å². The summed E-state index contributed by atoms with van der Waals surface area (Å²) in [4.78, 5) is 15.3. The van der Waals surface area contributed by atoms with Gasteiger partial charge >= 0.3 is 0 Å². The minimum absolute atomic E-state index is 0.128. The molecule has 2 nitrogen and oxygen atoms in total. The topological polar surface area (TPSA) is 20.3 Å². The molecular weight excluding hydrogens is 282 g/mol. The molecule has 0 radical (unpaired) electrons. The SMILES string of the molecule is Cc1ccc(C(=O)c2cccc(CN3CCCCC3)c2)c(C)c1. The van der Waals surface area contributed by atoms with Crippen LogP contribution in [0.5, 0.6) is 0 Å². The number of rotatable bonds is 4. The van der Waals surface area contributed by atoms with Crippen LogP contribution in [0.1, 0.15) is 51.9 Å². The Morgan fingerprint density at radius 2 is 1.78 bits per heavy atom. The highest BCUT2D eigenvalue weighted by atomic mass is 16.1. The molecule has 2 aromatic carbocycles. The molecule has 1 fully saturated rings. The molecule has 1 heterocycles. The summed E-state index contributed by atoms with van der Waals surface area (Å²) >= 11 is 0. The van der Waals surface area contributed by atoms with Crippen LogP contribution in [0, 0.1) is 13.8 Å². The lowest BCUT2D eigenvalue weighted by Gasteiger charge is -2.26. The van der Waals surface area contributed by atoms with Gasteiger partial charge in [0.05, 0.1) is 0 Å². The third-order valence-corrected chi connectivity index (χ3v) is 4.67. The maximum absolute atomic E-state index is 12.8. The van der Waals surface area contributed by atoms with Crippen molar-refractivity contribution < 1.29 is 4.79 Å². The maximum Gasteiger partial charge on any atom is 0.193 e. The van der Waals surface area contributed by atoms with Gasteiger partial charge in [-0.25, -0.2) is 0 Å². The van der Waals surface area contributed by atoms with Gasteiger partial charge in [0.2, 0.25) is 0 Å². The minimum Gasteiger partial charge on any atom is -0.299 e. The summed E-state index contributed by atoms with van der Waals surface area (Å²) in [5.74, 6) is 0.128. The fraction of sp³-hybridized carbons (Fsp3) is 0.381. The number of aryl methyl sites for hydroxylation is 2. The number of hydrogen-bond acceptors (Lipinski definition) is 2. The highest BCUT2D eigenvalue weighted by Crippen LogP contribution is 2.18. The summed E-state index contributed by atoms with van der Waals surface area (Å²) < 4.78 is 0. The summed E-state index contributed by atoms with van der Waals surface area (Å²) in [6.45, 7) is 7.37. The molecule has 2 aromatic rings. The zero-order chi connectivity index (χ0) is 16.2. The Morgan fingerprint density at radius 3 is 2.52 bits per heavy atom. The molecule has 2 heteroatoms. The number of likely N-dealkylation sites (tertiary alicyclic amines) is 1. The predicted molar refractivity (Wildman–Crippen MR) is 94.9 cm³/mol. The first-order valence-electron chi connectivity index (χ1n) is 8.57. The molecule has 1 aliphatic rings. The van der Waals surface area contributed by atoms with Crippen molar-refractivity contribution in [2.75, 3.05) is 13.1 Å². The lowest BCUT2D eigenvalue weighted by atomic mass is 9.96. The lowest BCUT2D eigenvalue weighted by Crippen LogP contribution is -2.29. The quantitative estimate of drug-likeness (QED) is 0.774. The fourth-order valence-electron chi connectivity index (χ4n) is 3.41. The van der Waals surface area contributed by atoms with Gasteiger partial charge in [-0.1, -0.05) is 48.4 Å². The van der Waals surface area contributed by atoms with Crippen molar-refractivity contribution in [1.82, 2.24) is 4.90 Å². The Bertz CT molecular complexity index is 699. The Labute approximate surface area is 139 Å². The summed E-state index contributed by atoms with van der Waals surface area (Å²) in [6.07, 6.45) is 3.93. The fourth-order valence-corrected chi connectivity index (χ4v) is 3.41. The van der Waals surface area contributed by atoms with E-state index in [-0.39, 0.29) is 5.78 Å². The van der Waals surface area contributed by atoms with Crippen LogP contribution in [0.3, 0.4) is 0 Å². The number of benzene rings is 2. The molecule has 0 saturated carbocycles. The Kier molecular flexibility index (Phi) is 4.92. The largest absolute Gasteiger partial charge is 0.299 e. The van der Waals surface area contributed by atoms with Gasteiger partial charge in [-0.3, -0.25) is 9.69 Å². The molecule has 1 aliphatic heterocycles. The Morgan fingerprint density at radius 1 is 1.00 bits per heavy atom. The van der Waals surface area contributed by atoms with Crippen molar-refractivity contribution in [1.29, 1.82) is 0 Å². The van der Waals surface area contributed by atoms with Gasteiger partial charge in [0.1, 0.15) is 0 Å². The standard InChI is InChI=1S/C21H25NO/c1-16-9-10-20(17(2)13-16)21(23)19-8-6-7-18(14-19)15-22-11-4-3-5-12-22/h6-10,13-14H,3-5,11-12,15H2,1-2H3. The van der Waals surface area contributed by atoms with Crippen molar-refractivity contribution in [2.24, 2.45) is 0 Å². The van der Waals surface area contributed by atoms with Crippen molar-refractivity contribution in [3.05, 3.63) is 70.3 Å². The normalized spacial score (nSPS) is 15.6. The first kappa shape index (κ1) is 15.9. The average Bonchev–Trinajstić information content (AvgIpc) is 2.55. The molecule has 0 spiro atoms. The zero-order valence-electron chi connectivity index (χ0n) is 14.1. The molecule has 0 bridgehead atoms. The van der Waals surface area contributed by atoms with E-state index in [9.17, 15) is 4.79 Å². The van der Waals surface area contributed by atoms with E-state index in [0.717, 1.165) is 23.2 Å². The van der Waals surface area contributed by atoms with Gasteiger partial charge in [0.15, 0.2) is 5.78 Å². The van der Waals surface area contributed by atoms with E-state index in [2.05, 4.69) is 30.0 Å². The monoisotopic (exact) mass is 307 g/mol. The van der Waals surface area contributed by atoms with Gasteiger partial charge in [0, 0.05) is 17.7 Å². The molecule has 0 aromatic heterocycles. The van der Waals surface area contributed by atoms with Crippen LogP contribution >= 0.6 is 0 Å². The lowest BCUT2D eigenvalue weighted by molar-refractivity contribution is 0.103. The number of carbonyl (C=O) groups excluding carboxylic acids is 1. The van der Waals surface area contributed by atoms with Crippen LogP contribution in [0.15, 0.2) is 42.5 Å². The Hall–Kier alpha value is -1.93. The van der Waals surface area contributed by atoms with Gasteiger partial charge in [0.25, 0.3) is 0 Å². The van der Waals surface area contributed by atoms with Crippen LogP contribution < -0.4 is 0 Å². The van der Waals surface area contributed by atoms with E-state index >= 15 is 0 Å². The molecular formula is C21H25NO. The molecule has 120 valence electrons.